The van der Waals surface area contributed by atoms with Crippen LogP contribution in [0.25, 0.3) is 0 Å². The van der Waals surface area contributed by atoms with Crippen LogP contribution in [0.15, 0.2) is 48.5 Å². The fourth-order valence-electron chi connectivity index (χ4n) is 1.49. The second-order valence-corrected chi connectivity index (χ2v) is 3.66. The predicted octanol–water partition coefficient (Wildman–Crippen LogP) is 1.84. The maximum atomic E-state index is 11.7. The van der Waals surface area contributed by atoms with Crippen molar-refractivity contribution in [2.45, 2.75) is 6.42 Å². The van der Waals surface area contributed by atoms with E-state index in [1.807, 2.05) is 30.3 Å². The largest absolute Gasteiger partial charge is 0.384 e. The summed E-state index contributed by atoms with van der Waals surface area (Å²) in [6.45, 7) is 0. The maximum absolute atomic E-state index is 11.7. The maximum Gasteiger partial charge on any atom is 0.229 e. The van der Waals surface area contributed by atoms with Gasteiger partial charge >= 0.3 is 0 Å². The zero-order chi connectivity index (χ0) is 12.1. The van der Waals surface area contributed by atoms with Gasteiger partial charge < -0.3 is 11.1 Å². The standard InChI is InChI=1S/C13H13N3O/c14-11-7-4-8-12(15-11)16-13(17)9-10-5-2-1-3-6-10/h1-8H,9H2,(H3,14,15,16,17). The SMILES string of the molecule is Nc1cccc(NC(=O)Cc2ccccc2)n1. The predicted molar refractivity (Wildman–Crippen MR) is 67.4 cm³/mol. The van der Waals surface area contributed by atoms with Gasteiger partial charge in [0.25, 0.3) is 0 Å². The van der Waals surface area contributed by atoms with Gasteiger partial charge in [0.2, 0.25) is 5.91 Å². The van der Waals surface area contributed by atoms with E-state index in [1.165, 1.54) is 0 Å². The Hall–Kier alpha value is -2.36. The van der Waals surface area contributed by atoms with Gasteiger partial charge in [-0.25, -0.2) is 4.98 Å². The van der Waals surface area contributed by atoms with Gasteiger partial charge in [-0.3, -0.25) is 4.79 Å². The van der Waals surface area contributed by atoms with Gasteiger partial charge in [-0.1, -0.05) is 36.4 Å². The summed E-state index contributed by atoms with van der Waals surface area (Å²) < 4.78 is 0. The number of amides is 1. The fourth-order valence-corrected chi connectivity index (χ4v) is 1.49. The number of hydrogen-bond acceptors (Lipinski definition) is 3. The highest BCUT2D eigenvalue weighted by molar-refractivity contribution is 5.91. The topological polar surface area (TPSA) is 68.0 Å². The number of benzene rings is 1. The average Bonchev–Trinajstić information content (AvgIpc) is 2.30. The third-order valence-corrected chi connectivity index (χ3v) is 2.25. The Balaban J connectivity index is 1.98. The molecule has 0 unspecified atom stereocenters. The molecule has 4 heteroatoms. The molecule has 0 aliphatic carbocycles. The van der Waals surface area contributed by atoms with E-state index < -0.39 is 0 Å². The fraction of sp³-hybridized carbons (Fsp3) is 0.0769. The van der Waals surface area contributed by atoms with E-state index >= 15 is 0 Å². The van der Waals surface area contributed by atoms with Crippen LogP contribution in [0.4, 0.5) is 11.6 Å². The van der Waals surface area contributed by atoms with E-state index in [4.69, 9.17) is 5.73 Å². The van der Waals surface area contributed by atoms with Crippen molar-refractivity contribution in [2.75, 3.05) is 11.1 Å². The van der Waals surface area contributed by atoms with Gasteiger partial charge in [-0.15, -0.1) is 0 Å². The Morgan fingerprint density at radius 3 is 2.59 bits per heavy atom. The van der Waals surface area contributed by atoms with Gasteiger partial charge in [0.1, 0.15) is 11.6 Å². The first-order valence-electron chi connectivity index (χ1n) is 5.30. The number of nitrogens with two attached hydrogens (primary N) is 1. The van der Waals surface area contributed by atoms with E-state index in [9.17, 15) is 4.79 Å². The monoisotopic (exact) mass is 227 g/mol. The lowest BCUT2D eigenvalue weighted by Gasteiger charge is -2.04. The number of nitrogen functional groups attached to an aromatic ring is 1. The molecule has 1 aromatic heterocycles. The summed E-state index contributed by atoms with van der Waals surface area (Å²) in [6.07, 6.45) is 0.331. The smallest absolute Gasteiger partial charge is 0.229 e. The van der Waals surface area contributed by atoms with Crippen molar-refractivity contribution in [1.82, 2.24) is 4.98 Å². The van der Waals surface area contributed by atoms with Gasteiger partial charge in [0.05, 0.1) is 6.42 Å². The number of nitrogens with one attached hydrogen (secondary N) is 1. The first-order chi connectivity index (χ1) is 8.24. The zero-order valence-electron chi connectivity index (χ0n) is 9.26. The Labute approximate surface area is 99.5 Å². The number of nitrogens with zero attached hydrogens (tertiary/aromatic N) is 1. The molecule has 3 N–H and O–H groups in total. The molecule has 1 aromatic carbocycles. The molecule has 2 rings (SSSR count). The third kappa shape index (κ3) is 3.31. The molecule has 17 heavy (non-hydrogen) atoms. The summed E-state index contributed by atoms with van der Waals surface area (Å²) in [7, 11) is 0. The summed E-state index contributed by atoms with van der Waals surface area (Å²) in [5.41, 5.74) is 6.49. The van der Waals surface area contributed by atoms with Crippen molar-refractivity contribution >= 4 is 17.5 Å². The van der Waals surface area contributed by atoms with Crippen LogP contribution in [0.1, 0.15) is 5.56 Å². The second kappa shape index (κ2) is 5.12. The van der Waals surface area contributed by atoms with Gasteiger partial charge in [0, 0.05) is 0 Å². The molecule has 0 radical (unpaired) electrons. The van der Waals surface area contributed by atoms with E-state index in [-0.39, 0.29) is 5.91 Å². The molecule has 0 saturated carbocycles. The van der Waals surface area contributed by atoms with Crippen LogP contribution in [0.2, 0.25) is 0 Å². The zero-order valence-corrected chi connectivity index (χ0v) is 9.26. The average molecular weight is 227 g/mol. The first-order valence-corrected chi connectivity index (χ1v) is 5.30. The van der Waals surface area contributed by atoms with Crippen molar-refractivity contribution in [3.05, 3.63) is 54.1 Å². The quantitative estimate of drug-likeness (QED) is 0.840. The molecule has 1 heterocycles. The Bertz CT molecular complexity index is 511. The number of pyridine rings is 1. The molecule has 0 aliphatic heterocycles. The summed E-state index contributed by atoms with van der Waals surface area (Å²) in [5, 5.41) is 2.70. The lowest BCUT2D eigenvalue weighted by Crippen LogP contribution is -2.15. The molecular formula is C13H13N3O. The number of aromatic nitrogens is 1. The molecule has 86 valence electrons. The van der Waals surface area contributed by atoms with Gasteiger partial charge in [-0.05, 0) is 17.7 Å². The van der Waals surface area contributed by atoms with E-state index in [1.54, 1.807) is 18.2 Å². The van der Waals surface area contributed by atoms with Crippen molar-refractivity contribution in [3.8, 4) is 0 Å². The Morgan fingerprint density at radius 2 is 1.88 bits per heavy atom. The molecule has 0 aliphatic rings. The number of hydrogen-bond donors (Lipinski definition) is 2. The van der Waals surface area contributed by atoms with Crippen LogP contribution in [0, 0.1) is 0 Å². The summed E-state index contributed by atoms with van der Waals surface area (Å²) in [4.78, 5) is 15.7. The minimum absolute atomic E-state index is 0.102. The normalized spacial score (nSPS) is 9.88. The molecule has 0 atom stereocenters. The first kappa shape index (κ1) is 11.1. The minimum atomic E-state index is -0.102. The molecule has 4 nitrogen and oxygen atoms in total. The van der Waals surface area contributed by atoms with Gasteiger partial charge in [0.15, 0.2) is 0 Å². The molecule has 1 amide bonds. The Morgan fingerprint density at radius 1 is 1.12 bits per heavy atom. The van der Waals surface area contributed by atoms with Crippen molar-refractivity contribution in [2.24, 2.45) is 0 Å². The Kier molecular flexibility index (Phi) is 3.35. The minimum Gasteiger partial charge on any atom is -0.384 e. The van der Waals surface area contributed by atoms with Crippen LogP contribution in [-0.2, 0) is 11.2 Å². The molecule has 2 aromatic rings. The summed E-state index contributed by atoms with van der Waals surface area (Å²) in [6, 6.07) is 14.7. The highest BCUT2D eigenvalue weighted by Crippen LogP contribution is 2.07. The van der Waals surface area contributed by atoms with Crippen molar-refractivity contribution < 1.29 is 4.79 Å². The van der Waals surface area contributed by atoms with Crippen LogP contribution >= 0.6 is 0 Å². The van der Waals surface area contributed by atoms with Gasteiger partial charge in [-0.2, -0.15) is 0 Å². The number of anilines is 2. The molecule has 0 fully saturated rings. The number of carbonyl (C=O) groups excluding carboxylic acids is 1. The highest BCUT2D eigenvalue weighted by Gasteiger charge is 2.04. The lowest BCUT2D eigenvalue weighted by atomic mass is 10.1. The van der Waals surface area contributed by atoms with Crippen LogP contribution in [0.5, 0.6) is 0 Å². The van der Waals surface area contributed by atoms with Crippen LogP contribution in [0.3, 0.4) is 0 Å². The number of rotatable bonds is 3. The molecule has 0 spiro atoms. The highest BCUT2D eigenvalue weighted by atomic mass is 16.1. The van der Waals surface area contributed by atoms with E-state index in [0.29, 0.717) is 18.1 Å². The van der Waals surface area contributed by atoms with Crippen LogP contribution in [-0.4, -0.2) is 10.9 Å². The summed E-state index contributed by atoms with van der Waals surface area (Å²) in [5.74, 6) is 0.766. The van der Waals surface area contributed by atoms with Crippen molar-refractivity contribution in [3.63, 3.8) is 0 Å². The molecule has 0 saturated heterocycles. The van der Waals surface area contributed by atoms with E-state index in [2.05, 4.69) is 10.3 Å². The third-order valence-electron chi connectivity index (χ3n) is 2.25. The second-order valence-electron chi connectivity index (χ2n) is 3.66. The number of carbonyl (C=O) groups is 1. The summed E-state index contributed by atoms with van der Waals surface area (Å²) >= 11 is 0. The van der Waals surface area contributed by atoms with E-state index in [0.717, 1.165) is 5.56 Å². The molecule has 0 bridgehead atoms. The van der Waals surface area contributed by atoms with Crippen molar-refractivity contribution in [1.29, 1.82) is 0 Å². The molecular weight excluding hydrogens is 214 g/mol. The van der Waals surface area contributed by atoms with Crippen LogP contribution < -0.4 is 11.1 Å². The lowest BCUT2D eigenvalue weighted by molar-refractivity contribution is -0.115.